The van der Waals surface area contributed by atoms with Gasteiger partial charge in [-0.1, -0.05) is 29.8 Å². The first-order valence-corrected chi connectivity index (χ1v) is 9.93. The van der Waals surface area contributed by atoms with Gasteiger partial charge in [0.1, 0.15) is 12.4 Å². The number of rotatable bonds is 3. The molecule has 1 unspecified atom stereocenters. The number of nitrogens with one attached hydrogen (secondary N) is 1. The summed E-state index contributed by atoms with van der Waals surface area (Å²) < 4.78 is 13.2. The Bertz CT molecular complexity index is 1020. The SMILES string of the molecule is O=C1CN(C(=O)Cc2ccc(F)cc2)C(c2cccs2)c2cc(Cl)ccc2N1. The van der Waals surface area contributed by atoms with Crippen LogP contribution in [0.3, 0.4) is 0 Å². The van der Waals surface area contributed by atoms with Gasteiger partial charge in [-0.2, -0.15) is 0 Å². The van der Waals surface area contributed by atoms with Gasteiger partial charge in [-0.3, -0.25) is 9.59 Å². The molecule has 0 fully saturated rings. The number of carbonyl (C=O) groups excluding carboxylic acids is 2. The second-order valence-electron chi connectivity index (χ2n) is 6.52. The second-order valence-corrected chi connectivity index (χ2v) is 7.94. The highest BCUT2D eigenvalue weighted by Gasteiger charge is 2.34. The lowest BCUT2D eigenvalue weighted by Gasteiger charge is -2.29. The Balaban J connectivity index is 1.76. The molecular formula is C21H16ClFN2O2S. The first-order valence-electron chi connectivity index (χ1n) is 8.68. The smallest absolute Gasteiger partial charge is 0.244 e. The molecule has 0 saturated heterocycles. The van der Waals surface area contributed by atoms with Gasteiger partial charge in [0.25, 0.3) is 0 Å². The molecule has 2 aromatic carbocycles. The number of amides is 2. The normalized spacial score (nSPS) is 16.3. The van der Waals surface area contributed by atoms with Crippen molar-refractivity contribution in [3.8, 4) is 0 Å². The minimum Gasteiger partial charge on any atom is -0.324 e. The van der Waals surface area contributed by atoms with Crippen molar-refractivity contribution in [2.45, 2.75) is 12.5 Å². The van der Waals surface area contributed by atoms with Crippen molar-refractivity contribution in [2.24, 2.45) is 0 Å². The van der Waals surface area contributed by atoms with Gasteiger partial charge in [-0.15, -0.1) is 11.3 Å². The zero-order valence-corrected chi connectivity index (χ0v) is 16.3. The van der Waals surface area contributed by atoms with E-state index in [9.17, 15) is 14.0 Å². The molecule has 4 rings (SSSR count). The van der Waals surface area contributed by atoms with Gasteiger partial charge in [0.05, 0.1) is 12.5 Å². The number of fused-ring (bicyclic) bond motifs is 1. The third-order valence-corrected chi connectivity index (χ3v) is 5.77. The second kappa shape index (κ2) is 7.73. The zero-order chi connectivity index (χ0) is 19.7. The molecule has 2 amide bonds. The number of nitrogens with zero attached hydrogens (tertiary/aromatic N) is 1. The fraction of sp³-hybridized carbons (Fsp3) is 0.143. The minimum atomic E-state index is -0.430. The molecule has 4 nitrogen and oxygen atoms in total. The molecule has 2 heterocycles. The van der Waals surface area contributed by atoms with Crippen molar-refractivity contribution in [3.63, 3.8) is 0 Å². The molecule has 1 aliphatic rings. The zero-order valence-electron chi connectivity index (χ0n) is 14.7. The number of hydrogen-bond donors (Lipinski definition) is 1. The summed E-state index contributed by atoms with van der Waals surface area (Å²) in [5.74, 6) is -0.839. The van der Waals surface area contributed by atoms with Gasteiger partial charge >= 0.3 is 0 Å². The summed E-state index contributed by atoms with van der Waals surface area (Å²) in [6, 6.07) is 14.5. The lowest BCUT2D eigenvalue weighted by atomic mass is 10.0. The predicted molar refractivity (Wildman–Crippen MR) is 108 cm³/mol. The van der Waals surface area contributed by atoms with Crippen LogP contribution in [-0.2, 0) is 16.0 Å². The van der Waals surface area contributed by atoms with Crippen molar-refractivity contribution in [1.29, 1.82) is 0 Å². The maximum absolute atomic E-state index is 13.2. The third-order valence-electron chi connectivity index (χ3n) is 4.61. The Kier molecular flexibility index (Phi) is 5.15. The largest absolute Gasteiger partial charge is 0.324 e. The van der Waals surface area contributed by atoms with Crippen LogP contribution in [0, 0.1) is 5.82 Å². The van der Waals surface area contributed by atoms with Crippen molar-refractivity contribution < 1.29 is 14.0 Å². The number of anilines is 1. The number of benzene rings is 2. The summed E-state index contributed by atoms with van der Waals surface area (Å²) >= 11 is 7.73. The van der Waals surface area contributed by atoms with Crippen LogP contribution in [0.1, 0.15) is 22.0 Å². The highest BCUT2D eigenvalue weighted by Crippen LogP contribution is 2.39. The molecule has 0 saturated carbocycles. The molecular weight excluding hydrogens is 399 g/mol. The summed E-state index contributed by atoms with van der Waals surface area (Å²) in [6.07, 6.45) is 0.0747. The summed E-state index contributed by atoms with van der Waals surface area (Å²) in [5, 5.41) is 5.32. The highest BCUT2D eigenvalue weighted by molar-refractivity contribution is 7.10. The van der Waals surface area contributed by atoms with E-state index in [0.717, 1.165) is 10.4 Å². The molecule has 0 aliphatic carbocycles. The number of thiophene rings is 1. The Morgan fingerprint density at radius 2 is 2.00 bits per heavy atom. The van der Waals surface area contributed by atoms with Crippen LogP contribution in [0.2, 0.25) is 5.02 Å². The van der Waals surface area contributed by atoms with Gasteiger partial charge in [0.15, 0.2) is 0 Å². The van der Waals surface area contributed by atoms with Crippen molar-refractivity contribution in [2.75, 3.05) is 11.9 Å². The molecule has 142 valence electrons. The van der Waals surface area contributed by atoms with E-state index in [0.29, 0.717) is 16.3 Å². The maximum Gasteiger partial charge on any atom is 0.244 e. The highest BCUT2D eigenvalue weighted by atomic mass is 35.5. The van der Waals surface area contributed by atoms with E-state index in [2.05, 4.69) is 5.32 Å². The van der Waals surface area contributed by atoms with Gasteiger partial charge in [-0.05, 0) is 47.3 Å². The minimum absolute atomic E-state index is 0.0745. The van der Waals surface area contributed by atoms with E-state index in [4.69, 9.17) is 11.6 Å². The number of carbonyl (C=O) groups is 2. The monoisotopic (exact) mass is 414 g/mol. The van der Waals surface area contributed by atoms with Gasteiger partial charge < -0.3 is 10.2 Å². The molecule has 0 spiro atoms. The molecule has 1 aromatic heterocycles. The lowest BCUT2D eigenvalue weighted by molar-refractivity contribution is -0.135. The summed E-state index contributed by atoms with van der Waals surface area (Å²) in [4.78, 5) is 28.1. The Morgan fingerprint density at radius 1 is 1.21 bits per heavy atom. The Labute approximate surface area is 170 Å². The maximum atomic E-state index is 13.2. The van der Waals surface area contributed by atoms with Crippen molar-refractivity contribution in [3.05, 3.63) is 86.8 Å². The molecule has 28 heavy (non-hydrogen) atoms. The average Bonchev–Trinajstić information content (AvgIpc) is 3.14. The molecule has 1 N–H and O–H groups in total. The van der Waals surface area contributed by atoms with Gasteiger partial charge in [0, 0.05) is 21.2 Å². The van der Waals surface area contributed by atoms with Crippen LogP contribution in [0.25, 0.3) is 0 Å². The van der Waals surface area contributed by atoms with E-state index in [1.54, 1.807) is 35.2 Å². The van der Waals surface area contributed by atoms with Gasteiger partial charge in [-0.25, -0.2) is 4.39 Å². The van der Waals surface area contributed by atoms with E-state index in [1.165, 1.54) is 23.5 Å². The van der Waals surface area contributed by atoms with Crippen LogP contribution >= 0.6 is 22.9 Å². The molecule has 0 bridgehead atoms. The Hall–Kier alpha value is -2.70. The molecule has 1 atom stereocenters. The van der Waals surface area contributed by atoms with Gasteiger partial charge in [0.2, 0.25) is 11.8 Å². The van der Waals surface area contributed by atoms with E-state index in [-0.39, 0.29) is 30.6 Å². The first-order chi connectivity index (χ1) is 13.5. The van der Waals surface area contributed by atoms with Crippen molar-refractivity contribution >= 4 is 40.4 Å². The molecule has 0 radical (unpaired) electrons. The summed E-state index contributed by atoms with van der Waals surface area (Å²) in [6.45, 7) is -0.0745. The van der Waals surface area contributed by atoms with Crippen LogP contribution in [-0.4, -0.2) is 23.3 Å². The van der Waals surface area contributed by atoms with E-state index in [1.807, 2.05) is 17.5 Å². The fourth-order valence-corrected chi connectivity index (χ4v) is 4.38. The van der Waals surface area contributed by atoms with Crippen LogP contribution < -0.4 is 5.32 Å². The molecule has 1 aliphatic heterocycles. The van der Waals surface area contributed by atoms with Crippen molar-refractivity contribution in [1.82, 2.24) is 4.90 Å². The summed E-state index contributed by atoms with van der Waals surface area (Å²) in [7, 11) is 0. The topological polar surface area (TPSA) is 49.4 Å². The van der Waals surface area contributed by atoms with E-state index < -0.39 is 6.04 Å². The van der Waals surface area contributed by atoms with Crippen LogP contribution in [0.5, 0.6) is 0 Å². The fourth-order valence-electron chi connectivity index (χ4n) is 3.34. The molecule has 7 heteroatoms. The predicted octanol–water partition coefficient (Wildman–Crippen LogP) is 4.65. The summed E-state index contributed by atoms with van der Waals surface area (Å²) in [5.41, 5.74) is 2.10. The average molecular weight is 415 g/mol. The van der Waals surface area contributed by atoms with Crippen LogP contribution in [0.4, 0.5) is 10.1 Å². The standard InChI is InChI=1S/C21H16ClFN2O2S/c22-14-5-8-17-16(11-14)21(18-2-1-9-28-18)25(12-19(26)24-17)20(27)10-13-3-6-15(23)7-4-13/h1-9,11,21H,10,12H2,(H,24,26). The van der Waals surface area contributed by atoms with Crippen LogP contribution in [0.15, 0.2) is 60.0 Å². The lowest BCUT2D eigenvalue weighted by Crippen LogP contribution is -2.39. The first kappa shape index (κ1) is 18.7. The third kappa shape index (κ3) is 3.79. The Morgan fingerprint density at radius 3 is 2.71 bits per heavy atom. The molecule has 3 aromatic rings. The van der Waals surface area contributed by atoms with E-state index >= 15 is 0 Å². The number of halogens is 2. The number of hydrogen-bond acceptors (Lipinski definition) is 3. The quantitative estimate of drug-likeness (QED) is 0.678.